The molecule has 0 aliphatic carbocycles. The van der Waals surface area contributed by atoms with Gasteiger partial charge in [-0.05, 0) is 28.7 Å². The van der Waals surface area contributed by atoms with E-state index in [1.807, 2.05) is 36.4 Å². The van der Waals surface area contributed by atoms with Gasteiger partial charge in [-0.15, -0.1) is 0 Å². The van der Waals surface area contributed by atoms with Gasteiger partial charge in [-0.25, -0.2) is 14.1 Å². The van der Waals surface area contributed by atoms with Gasteiger partial charge >= 0.3 is 0 Å². The summed E-state index contributed by atoms with van der Waals surface area (Å²) in [6.07, 6.45) is 1.47. The van der Waals surface area contributed by atoms with Gasteiger partial charge in [-0.2, -0.15) is 5.10 Å². The van der Waals surface area contributed by atoms with Gasteiger partial charge in [0.05, 0.1) is 14.9 Å². The Kier molecular flexibility index (Phi) is 3.84. The van der Waals surface area contributed by atoms with Crippen molar-refractivity contribution in [2.24, 2.45) is 0 Å². The van der Waals surface area contributed by atoms with Crippen LogP contribution in [-0.2, 0) is 12.8 Å². The predicted octanol–water partition coefficient (Wildman–Crippen LogP) is 2.72. The monoisotopic (exact) mass is 360 g/mol. The number of aryl methyl sites for hydroxylation is 2. The van der Waals surface area contributed by atoms with E-state index in [1.165, 1.54) is 6.07 Å². The van der Waals surface area contributed by atoms with Crippen molar-refractivity contribution < 1.29 is 4.39 Å². The van der Waals surface area contributed by atoms with E-state index in [0.717, 1.165) is 24.5 Å². The molecular weight excluding hydrogens is 346 g/mol. The van der Waals surface area contributed by atoms with Crippen LogP contribution in [0.4, 0.5) is 10.1 Å². The quantitative estimate of drug-likeness (QED) is 0.677. The highest BCUT2D eigenvalue weighted by atomic mass is 127. The van der Waals surface area contributed by atoms with Crippen LogP contribution in [0.3, 0.4) is 0 Å². The molecular formula is C12H14FIN4. The van der Waals surface area contributed by atoms with E-state index in [1.54, 1.807) is 10.7 Å². The van der Waals surface area contributed by atoms with Gasteiger partial charge in [0.25, 0.3) is 0 Å². The highest BCUT2D eigenvalue weighted by Gasteiger charge is 2.13. The van der Waals surface area contributed by atoms with E-state index < -0.39 is 0 Å². The number of rotatable bonds is 3. The Morgan fingerprint density at radius 1 is 1.33 bits per heavy atom. The number of aromatic nitrogens is 3. The predicted molar refractivity (Wildman–Crippen MR) is 77.2 cm³/mol. The van der Waals surface area contributed by atoms with Crippen LogP contribution in [-0.4, -0.2) is 14.8 Å². The smallest absolute Gasteiger partial charge is 0.151 e. The Bertz CT molecular complexity index is 580. The average molecular weight is 360 g/mol. The summed E-state index contributed by atoms with van der Waals surface area (Å²) in [5.41, 5.74) is 6.99. The second-order valence-corrected chi connectivity index (χ2v) is 5.05. The summed E-state index contributed by atoms with van der Waals surface area (Å²) in [6.45, 7) is 3.97. The Balaban J connectivity index is 2.60. The fraction of sp³-hybridized carbons (Fsp3) is 0.333. The molecule has 0 atom stereocenters. The first-order chi connectivity index (χ1) is 8.56. The van der Waals surface area contributed by atoms with Crippen LogP contribution in [0, 0.1) is 9.39 Å². The lowest BCUT2D eigenvalue weighted by atomic mass is 10.2. The molecule has 0 aliphatic rings. The molecule has 0 bridgehead atoms. The number of nitrogens with two attached hydrogens (primary N) is 1. The summed E-state index contributed by atoms with van der Waals surface area (Å²) in [7, 11) is 0. The molecule has 0 amide bonds. The maximum absolute atomic E-state index is 13.6. The highest BCUT2D eigenvalue weighted by molar-refractivity contribution is 14.1. The molecule has 1 heterocycles. The summed E-state index contributed by atoms with van der Waals surface area (Å²) >= 11 is 1.92. The van der Waals surface area contributed by atoms with Crippen molar-refractivity contribution in [2.45, 2.75) is 26.7 Å². The molecule has 0 saturated carbocycles. The minimum Gasteiger partial charge on any atom is -0.397 e. The lowest BCUT2D eigenvalue weighted by Gasteiger charge is -2.08. The molecule has 1 aromatic carbocycles. The SMILES string of the molecule is CCc1nc(CC)n(-c2cc(F)c(I)cc2N)n1. The molecule has 0 fully saturated rings. The standard InChI is InChI=1S/C12H14FIN4/c1-3-11-16-12(4-2)18(17-11)10-5-7(13)8(14)6-9(10)15/h5-6H,3-4,15H2,1-2H3. The van der Waals surface area contributed by atoms with Gasteiger partial charge < -0.3 is 5.73 Å². The van der Waals surface area contributed by atoms with Gasteiger partial charge in [0, 0.05) is 18.9 Å². The fourth-order valence-corrected chi connectivity index (χ4v) is 2.19. The minimum atomic E-state index is -0.296. The van der Waals surface area contributed by atoms with Crippen molar-refractivity contribution in [1.29, 1.82) is 0 Å². The fourth-order valence-electron chi connectivity index (χ4n) is 1.70. The van der Waals surface area contributed by atoms with Crippen LogP contribution in [0.15, 0.2) is 12.1 Å². The van der Waals surface area contributed by atoms with E-state index in [2.05, 4.69) is 10.1 Å². The van der Waals surface area contributed by atoms with Crippen molar-refractivity contribution in [2.75, 3.05) is 5.73 Å². The van der Waals surface area contributed by atoms with Crippen molar-refractivity contribution in [3.8, 4) is 5.69 Å². The molecule has 6 heteroatoms. The Labute approximate surface area is 119 Å². The van der Waals surface area contributed by atoms with Crippen LogP contribution in [0.2, 0.25) is 0 Å². The Morgan fingerprint density at radius 2 is 2.06 bits per heavy atom. The third-order valence-electron chi connectivity index (χ3n) is 2.65. The van der Waals surface area contributed by atoms with Crippen LogP contribution in [0.5, 0.6) is 0 Å². The molecule has 0 unspecified atom stereocenters. The van der Waals surface area contributed by atoms with E-state index in [4.69, 9.17) is 5.73 Å². The van der Waals surface area contributed by atoms with Gasteiger partial charge in [-0.1, -0.05) is 13.8 Å². The molecule has 0 radical (unpaired) electrons. The number of nitrogen functional groups attached to an aromatic ring is 1. The van der Waals surface area contributed by atoms with Crippen LogP contribution < -0.4 is 5.73 Å². The summed E-state index contributed by atoms with van der Waals surface area (Å²) in [5, 5.41) is 4.36. The molecule has 96 valence electrons. The first kappa shape index (κ1) is 13.3. The third-order valence-corrected chi connectivity index (χ3v) is 3.47. The van der Waals surface area contributed by atoms with Crippen LogP contribution >= 0.6 is 22.6 Å². The number of hydrogen-bond acceptors (Lipinski definition) is 3. The lowest BCUT2D eigenvalue weighted by molar-refractivity contribution is 0.617. The van der Waals surface area contributed by atoms with Crippen molar-refractivity contribution in [3.63, 3.8) is 0 Å². The van der Waals surface area contributed by atoms with E-state index in [0.29, 0.717) is 14.9 Å². The van der Waals surface area contributed by atoms with Crippen molar-refractivity contribution in [3.05, 3.63) is 33.2 Å². The van der Waals surface area contributed by atoms with Gasteiger partial charge in [0.15, 0.2) is 5.82 Å². The lowest BCUT2D eigenvalue weighted by Crippen LogP contribution is -2.07. The zero-order chi connectivity index (χ0) is 13.3. The van der Waals surface area contributed by atoms with E-state index >= 15 is 0 Å². The zero-order valence-electron chi connectivity index (χ0n) is 10.2. The molecule has 0 aliphatic heterocycles. The van der Waals surface area contributed by atoms with Crippen LogP contribution in [0.25, 0.3) is 5.69 Å². The average Bonchev–Trinajstić information content (AvgIpc) is 2.77. The molecule has 0 saturated heterocycles. The minimum absolute atomic E-state index is 0.296. The summed E-state index contributed by atoms with van der Waals surface area (Å²) in [4.78, 5) is 4.39. The number of nitrogens with zero attached hydrogens (tertiary/aromatic N) is 3. The molecule has 2 rings (SSSR count). The summed E-state index contributed by atoms with van der Waals surface area (Å²) in [6, 6.07) is 3.02. The molecule has 18 heavy (non-hydrogen) atoms. The van der Waals surface area contributed by atoms with Gasteiger partial charge in [0.1, 0.15) is 11.6 Å². The highest BCUT2D eigenvalue weighted by Crippen LogP contribution is 2.23. The molecule has 4 nitrogen and oxygen atoms in total. The van der Waals surface area contributed by atoms with Crippen molar-refractivity contribution >= 4 is 28.3 Å². The number of benzene rings is 1. The second-order valence-electron chi connectivity index (χ2n) is 3.89. The summed E-state index contributed by atoms with van der Waals surface area (Å²) in [5.74, 6) is 1.24. The summed E-state index contributed by atoms with van der Waals surface area (Å²) < 4.78 is 15.8. The van der Waals surface area contributed by atoms with Gasteiger partial charge in [-0.3, -0.25) is 0 Å². The Morgan fingerprint density at radius 3 is 2.67 bits per heavy atom. The molecule has 2 N–H and O–H groups in total. The molecule has 2 aromatic rings. The largest absolute Gasteiger partial charge is 0.397 e. The van der Waals surface area contributed by atoms with E-state index in [-0.39, 0.29) is 5.82 Å². The normalized spacial score (nSPS) is 10.9. The number of anilines is 1. The Hall–Kier alpha value is -1.18. The number of halogens is 2. The third kappa shape index (κ3) is 2.33. The van der Waals surface area contributed by atoms with Gasteiger partial charge in [0.2, 0.25) is 0 Å². The zero-order valence-corrected chi connectivity index (χ0v) is 12.4. The van der Waals surface area contributed by atoms with Crippen molar-refractivity contribution in [1.82, 2.24) is 14.8 Å². The maximum Gasteiger partial charge on any atom is 0.151 e. The molecule has 0 spiro atoms. The number of hydrogen-bond donors (Lipinski definition) is 1. The first-order valence-corrected chi connectivity index (χ1v) is 6.84. The van der Waals surface area contributed by atoms with Crippen LogP contribution in [0.1, 0.15) is 25.5 Å². The molecule has 1 aromatic heterocycles. The second kappa shape index (κ2) is 5.21. The van der Waals surface area contributed by atoms with E-state index in [9.17, 15) is 4.39 Å². The maximum atomic E-state index is 13.6. The topological polar surface area (TPSA) is 56.7 Å². The first-order valence-electron chi connectivity index (χ1n) is 5.76.